The number of benzene rings is 1. The third-order valence-electron chi connectivity index (χ3n) is 4.49. The van der Waals surface area contributed by atoms with Crippen LogP contribution in [0.5, 0.6) is 0 Å². The van der Waals surface area contributed by atoms with Gasteiger partial charge in [-0.15, -0.1) is 0 Å². The normalized spacial score (nSPS) is 12.0. The fourth-order valence-corrected chi connectivity index (χ4v) is 2.98. The second-order valence-electron chi connectivity index (χ2n) is 6.66. The van der Waals surface area contributed by atoms with E-state index in [-0.39, 0.29) is 0 Å². The summed E-state index contributed by atoms with van der Waals surface area (Å²) in [6.07, 6.45) is 1.89. The van der Waals surface area contributed by atoms with Gasteiger partial charge in [-0.05, 0) is 26.0 Å². The number of rotatable bonds is 8. The summed E-state index contributed by atoms with van der Waals surface area (Å²) in [5.41, 5.74) is 2.18. The van der Waals surface area contributed by atoms with Crippen molar-refractivity contribution in [1.29, 1.82) is 0 Å². The Hall–Kier alpha value is -2.34. The van der Waals surface area contributed by atoms with Crippen molar-refractivity contribution in [3.63, 3.8) is 0 Å². The highest BCUT2D eigenvalue weighted by Gasteiger charge is 2.11. The van der Waals surface area contributed by atoms with E-state index >= 15 is 0 Å². The van der Waals surface area contributed by atoms with Crippen molar-refractivity contribution in [3.05, 3.63) is 42.4 Å². The number of aromatic nitrogens is 2. The van der Waals surface area contributed by atoms with Crippen molar-refractivity contribution in [3.8, 4) is 11.3 Å². The lowest BCUT2D eigenvalue weighted by molar-refractivity contribution is 0.236. The average Bonchev–Trinajstić information content (AvgIpc) is 3.10. The molecule has 0 aliphatic rings. The molecule has 0 aliphatic carbocycles. The zero-order valence-corrected chi connectivity index (χ0v) is 16.7. The molecule has 6 heteroatoms. The maximum atomic E-state index is 4.51. The average molecular weight is 357 g/mol. The highest BCUT2D eigenvalue weighted by atomic mass is 15.3. The molecule has 0 radical (unpaired) electrons. The highest BCUT2D eigenvalue weighted by Crippen LogP contribution is 2.16. The Morgan fingerprint density at radius 2 is 2.00 bits per heavy atom. The van der Waals surface area contributed by atoms with Crippen LogP contribution >= 0.6 is 0 Å². The SMILES string of the molecule is CCN(CCNC(=NC)N(C)Cc1ncc(-c2ccccc2)[nH]1)C(C)C. The van der Waals surface area contributed by atoms with Crippen molar-refractivity contribution in [1.82, 2.24) is 25.1 Å². The first-order chi connectivity index (χ1) is 12.5. The Morgan fingerprint density at radius 1 is 1.27 bits per heavy atom. The van der Waals surface area contributed by atoms with Crippen LogP contribution in [0.4, 0.5) is 0 Å². The van der Waals surface area contributed by atoms with Crippen LogP contribution in [0, 0.1) is 0 Å². The Morgan fingerprint density at radius 3 is 2.62 bits per heavy atom. The topological polar surface area (TPSA) is 59.5 Å². The largest absolute Gasteiger partial charge is 0.355 e. The van der Waals surface area contributed by atoms with Crippen molar-refractivity contribution in [2.45, 2.75) is 33.4 Å². The number of hydrogen-bond donors (Lipinski definition) is 2. The highest BCUT2D eigenvalue weighted by molar-refractivity contribution is 5.79. The molecule has 26 heavy (non-hydrogen) atoms. The fourth-order valence-electron chi connectivity index (χ4n) is 2.98. The molecule has 1 aromatic carbocycles. The molecule has 0 saturated heterocycles. The van der Waals surface area contributed by atoms with Crippen LogP contribution in [0.2, 0.25) is 0 Å². The Labute approximate surface area is 157 Å². The molecule has 0 saturated carbocycles. The second kappa shape index (κ2) is 9.97. The molecule has 0 spiro atoms. The number of guanidine groups is 1. The molecule has 0 amide bonds. The van der Waals surface area contributed by atoms with Gasteiger partial charge in [0.15, 0.2) is 5.96 Å². The minimum absolute atomic E-state index is 0.557. The van der Waals surface area contributed by atoms with Crippen molar-refractivity contribution < 1.29 is 0 Å². The molecule has 2 aromatic rings. The zero-order valence-electron chi connectivity index (χ0n) is 16.7. The van der Waals surface area contributed by atoms with Gasteiger partial charge in [0.2, 0.25) is 0 Å². The molecular weight excluding hydrogens is 324 g/mol. The minimum Gasteiger partial charge on any atom is -0.355 e. The second-order valence-corrected chi connectivity index (χ2v) is 6.66. The molecule has 1 heterocycles. The van der Waals surface area contributed by atoms with E-state index in [4.69, 9.17) is 0 Å². The zero-order chi connectivity index (χ0) is 18.9. The summed E-state index contributed by atoms with van der Waals surface area (Å²) in [6, 6.07) is 10.8. The molecule has 0 atom stereocenters. The fraction of sp³-hybridized carbons (Fsp3) is 0.500. The van der Waals surface area contributed by atoms with Gasteiger partial charge in [0.1, 0.15) is 5.82 Å². The summed E-state index contributed by atoms with van der Waals surface area (Å²) in [5, 5.41) is 3.44. The van der Waals surface area contributed by atoms with E-state index in [1.165, 1.54) is 0 Å². The van der Waals surface area contributed by atoms with Gasteiger partial charge in [-0.25, -0.2) is 4.98 Å². The van der Waals surface area contributed by atoms with Crippen LogP contribution < -0.4 is 5.32 Å². The number of nitrogens with one attached hydrogen (secondary N) is 2. The Balaban J connectivity index is 1.89. The van der Waals surface area contributed by atoms with E-state index in [2.05, 4.69) is 63.0 Å². The van der Waals surface area contributed by atoms with Gasteiger partial charge in [-0.1, -0.05) is 37.3 Å². The van der Waals surface area contributed by atoms with Crippen molar-refractivity contribution in [2.24, 2.45) is 4.99 Å². The van der Waals surface area contributed by atoms with Gasteiger partial charge in [0, 0.05) is 33.2 Å². The number of imidazole rings is 1. The summed E-state index contributed by atoms with van der Waals surface area (Å²) in [5.74, 6) is 1.80. The number of H-pyrrole nitrogens is 1. The molecule has 1 aromatic heterocycles. The maximum Gasteiger partial charge on any atom is 0.193 e. The van der Waals surface area contributed by atoms with E-state index in [1.807, 2.05) is 38.5 Å². The van der Waals surface area contributed by atoms with E-state index in [9.17, 15) is 0 Å². The molecule has 6 nitrogen and oxygen atoms in total. The molecule has 2 rings (SSSR count). The summed E-state index contributed by atoms with van der Waals surface area (Å²) < 4.78 is 0. The summed E-state index contributed by atoms with van der Waals surface area (Å²) >= 11 is 0. The lowest BCUT2D eigenvalue weighted by Crippen LogP contribution is -2.43. The van der Waals surface area contributed by atoms with Gasteiger partial charge in [-0.2, -0.15) is 0 Å². The molecular formula is C20H32N6. The summed E-state index contributed by atoms with van der Waals surface area (Å²) in [4.78, 5) is 16.8. The molecule has 0 unspecified atom stereocenters. The van der Waals surface area contributed by atoms with E-state index in [1.54, 1.807) is 0 Å². The number of aliphatic imine (C=N–C) groups is 1. The van der Waals surface area contributed by atoms with Crippen LogP contribution in [-0.4, -0.2) is 65.5 Å². The first kappa shape index (κ1) is 20.0. The van der Waals surface area contributed by atoms with Crippen molar-refractivity contribution in [2.75, 3.05) is 33.7 Å². The smallest absolute Gasteiger partial charge is 0.193 e. The predicted octanol–water partition coefficient (Wildman–Crippen LogP) is 2.81. The summed E-state index contributed by atoms with van der Waals surface area (Å²) in [7, 11) is 3.84. The lowest BCUT2D eigenvalue weighted by atomic mass is 10.2. The molecule has 0 aliphatic heterocycles. The first-order valence-electron chi connectivity index (χ1n) is 9.30. The van der Waals surface area contributed by atoms with E-state index in [0.29, 0.717) is 12.6 Å². The van der Waals surface area contributed by atoms with Gasteiger partial charge >= 0.3 is 0 Å². The molecule has 142 valence electrons. The third-order valence-corrected chi connectivity index (χ3v) is 4.49. The van der Waals surface area contributed by atoms with Crippen LogP contribution in [0.1, 0.15) is 26.6 Å². The van der Waals surface area contributed by atoms with Crippen LogP contribution in [-0.2, 0) is 6.54 Å². The van der Waals surface area contributed by atoms with Crippen LogP contribution in [0.25, 0.3) is 11.3 Å². The van der Waals surface area contributed by atoms with E-state index < -0.39 is 0 Å². The van der Waals surface area contributed by atoms with Gasteiger partial charge in [0.05, 0.1) is 18.4 Å². The first-order valence-corrected chi connectivity index (χ1v) is 9.30. The molecule has 0 fully saturated rings. The third kappa shape index (κ3) is 5.59. The number of likely N-dealkylation sites (N-methyl/N-ethyl adjacent to an activating group) is 1. The molecule has 0 bridgehead atoms. The Bertz CT molecular complexity index is 677. The van der Waals surface area contributed by atoms with Gasteiger partial charge < -0.3 is 15.2 Å². The quantitative estimate of drug-likeness (QED) is 0.564. The van der Waals surface area contributed by atoms with Crippen LogP contribution in [0.15, 0.2) is 41.5 Å². The number of aromatic amines is 1. The number of hydrogen-bond acceptors (Lipinski definition) is 3. The number of nitrogens with zero attached hydrogens (tertiary/aromatic N) is 4. The molecule has 2 N–H and O–H groups in total. The minimum atomic E-state index is 0.557. The maximum absolute atomic E-state index is 4.51. The van der Waals surface area contributed by atoms with Crippen molar-refractivity contribution >= 4 is 5.96 Å². The predicted molar refractivity (Wildman–Crippen MR) is 109 cm³/mol. The van der Waals surface area contributed by atoms with Gasteiger partial charge in [0.25, 0.3) is 0 Å². The monoisotopic (exact) mass is 356 g/mol. The summed E-state index contributed by atoms with van der Waals surface area (Å²) in [6.45, 7) is 10.3. The van der Waals surface area contributed by atoms with Crippen LogP contribution in [0.3, 0.4) is 0 Å². The lowest BCUT2D eigenvalue weighted by Gasteiger charge is -2.26. The van der Waals surface area contributed by atoms with Gasteiger partial charge in [-0.3, -0.25) is 9.89 Å². The standard InChI is InChI=1S/C20H32N6/c1-6-26(16(2)3)13-12-22-20(21-4)25(5)15-19-23-14-18(24-19)17-10-8-7-9-11-17/h7-11,14,16H,6,12-13,15H2,1-5H3,(H,21,22)(H,23,24). The Kier molecular flexibility index (Phi) is 7.66. The van der Waals surface area contributed by atoms with E-state index in [0.717, 1.165) is 42.7 Å².